The summed E-state index contributed by atoms with van der Waals surface area (Å²) in [5.41, 5.74) is 0.770. The lowest BCUT2D eigenvalue weighted by atomic mass is 9.94. The van der Waals surface area contributed by atoms with Gasteiger partial charge in [-0.1, -0.05) is 31.4 Å². The van der Waals surface area contributed by atoms with Crippen LogP contribution in [0.1, 0.15) is 42.5 Å². The van der Waals surface area contributed by atoms with Gasteiger partial charge in [0.15, 0.2) is 5.78 Å². The first-order valence-electron chi connectivity index (χ1n) is 7.76. The average molecular weight is 307 g/mol. The zero-order valence-corrected chi connectivity index (χ0v) is 13.6. The quantitative estimate of drug-likeness (QED) is 0.620. The van der Waals surface area contributed by atoms with Gasteiger partial charge in [0.05, 0.1) is 13.2 Å². The highest BCUT2D eigenvalue weighted by atomic mass is 32.2. The van der Waals surface area contributed by atoms with Crippen LogP contribution in [-0.4, -0.2) is 47.8 Å². The van der Waals surface area contributed by atoms with Crippen LogP contribution in [0, 0.1) is 0 Å². The lowest BCUT2D eigenvalue weighted by Gasteiger charge is -2.33. The van der Waals surface area contributed by atoms with Gasteiger partial charge in [-0.05, 0) is 31.2 Å². The van der Waals surface area contributed by atoms with Crippen molar-refractivity contribution < 1.29 is 9.90 Å². The molecule has 1 N–H and O–H groups in total. The molecule has 1 saturated carbocycles. The zero-order chi connectivity index (χ0) is 15.1. The molecule has 4 heteroatoms. The van der Waals surface area contributed by atoms with Crippen LogP contribution >= 0.6 is 11.8 Å². The molecule has 116 valence electrons. The smallest absolute Gasteiger partial charge is 0.176 e. The van der Waals surface area contributed by atoms with E-state index in [0.29, 0.717) is 19.1 Å². The second kappa shape index (κ2) is 8.57. The summed E-state index contributed by atoms with van der Waals surface area (Å²) in [4.78, 5) is 15.8. The normalized spacial score (nSPS) is 16.3. The van der Waals surface area contributed by atoms with Gasteiger partial charge < -0.3 is 5.11 Å². The molecule has 1 aliphatic rings. The highest BCUT2D eigenvalue weighted by Gasteiger charge is 2.23. The van der Waals surface area contributed by atoms with E-state index in [9.17, 15) is 9.90 Å². The van der Waals surface area contributed by atoms with Gasteiger partial charge >= 0.3 is 0 Å². The molecule has 0 aromatic heterocycles. The van der Waals surface area contributed by atoms with Gasteiger partial charge in [-0.15, -0.1) is 11.8 Å². The fourth-order valence-electron chi connectivity index (χ4n) is 3.02. The van der Waals surface area contributed by atoms with E-state index < -0.39 is 0 Å². The van der Waals surface area contributed by atoms with E-state index in [-0.39, 0.29) is 12.4 Å². The van der Waals surface area contributed by atoms with Gasteiger partial charge in [0.25, 0.3) is 0 Å². The summed E-state index contributed by atoms with van der Waals surface area (Å²) in [5, 5.41) is 9.26. The van der Waals surface area contributed by atoms with Gasteiger partial charge in [-0.2, -0.15) is 0 Å². The molecular formula is C17H25NO2S. The molecule has 0 bridgehead atoms. The number of thioether (sulfide) groups is 1. The van der Waals surface area contributed by atoms with Crippen molar-refractivity contribution in [1.82, 2.24) is 4.90 Å². The number of hydrogen-bond donors (Lipinski definition) is 1. The highest BCUT2D eigenvalue weighted by Crippen LogP contribution is 2.23. The predicted molar refractivity (Wildman–Crippen MR) is 88.1 cm³/mol. The van der Waals surface area contributed by atoms with Crippen LogP contribution < -0.4 is 0 Å². The van der Waals surface area contributed by atoms with Gasteiger partial charge in [0.1, 0.15) is 0 Å². The van der Waals surface area contributed by atoms with Crippen molar-refractivity contribution in [3.05, 3.63) is 29.8 Å². The van der Waals surface area contributed by atoms with Gasteiger partial charge in [0.2, 0.25) is 0 Å². The number of Topliss-reactive ketones (excluding diaryl/α,β-unsaturated/α-hetero) is 1. The van der Waals surface area contributed by atoms with Crippen molar-refractivity contribution in [3.63, 3.8) is 0 Å². The van der Waals surface area contributed by atoms with E-state index in [1.165, 1.54) is 24.2 Å². The van der Waals surface area contributed by atoms with Crippen molar-refractivity contribution in [3.8, 4) is 0 Å². The molecule has 0 radical (unpaired) electrons. The molecule has 1 aromatic rings. The molecule has 0 saturated heterocycles. The number of aliphatic hydroxyl groups excluding tert-OH is 1. The first-order valence-corrected chi connectivity index (χ1v) is 8.99. The van der Waals surface area contributed by atoms with Crippen LogP contribution in [0.5, 0.6) is 0 Å². The SMILES string of the molecule is CSc1ccc(C(=O)CN(CCO)C2CCCCC2)cc1. The molecule has 0 aliphatic heterocycles. The highest BCUT2D eigenvalue weighted by molar-refractivity contribution is 7.98. The molecule has 3 nitrogen and oxygen atoms in total. The molecular weight excluding hydrogens is 282 g/mol. The fourth-order valence-corrected chi connectivity index (χ4v) is 3.43. The number of carbonyl (C=O) groups is 1. The van der Waals surface area contributed by atoms with E-state index in [2.05, 4.69) is 4.90 Å². The second-order valence-electron chi connectivity index (χ2n) is 5.64. The van der Waals surface area contributed by atoms with E-state index in [0.717, 1.165) is 18.4 Å². The largest absolute Gasteiger partial charge is 0.395 e. The van der Waals surface area contributed by atoms with Gasteiger partial charge in [0, 0.05) is 23.0 Å². The summed E-state index contributed by atoms with van der Waals surface area (Å²) >= 11 is 1.68. The molecule has 21 heavy (non-hydrogen) atoms. The third-order valence-electron chi connectivity index (χ3n) is 4.24. The van der Waals surface area contributed by atoms with Crippen LogP contribution in [0.3, 0.4) is 0 Å². The van der Waals surface area contributed by atoms with Crippen LogP contribution in [0.4, 0.5) is 0 Å². The molecule has 0 unspecified atom stereocenters. The summed E-state index contributed by atoms with van der Waals surface area (Å²) < 4.78 is 0. The Hall–Kier alpha value is -0.840. The molecule has 0 heterocycles. The lowest BCUT2D eigenvalue weighted by Crippen LogP contribution is -2.41. The number of rotatable bonds is 7. The third kappa shape index (κ3) is 4.83. The van der Waals surface area contributed by atoms with Crippen molar-refractivity contribution in [2.75, 3.05) is 26.0 Å². The first-order chi connectivity index (χ1) is 10.2. The Kier molecular flexibility index (Phi) is 6.74. The maximum Gasteiger partial charge on any atom is 0.176 e. The molecule has 2 rings (SSSR count). The average Bonchev–Trinajstić information content (AvgIpc) is 2.55. The first kappa shape index (κ1) is 16.5. The Balaban J connectivity index is 1.99. The van der Waals surface area contributed by atoms with Crippen LogP contribution in [-0.2, 0) is 0 Å². The molecule has 0 atom stereocenters. The monoisotopic (exact) mass is 307 g/mol. The molecule has 1 fully saturated rings. The third-order valence-corrected chi connectivity index (χ3v) is 4.98. The van der Waals surface area contributed by atoms with E-state index >= 15 is 0 Å². The number of aliphatic hydroxyl groups is 1. The summed E-state index contributed by atoms with van der Waals surface area (Å²) in [6.45, 7) is 1.14. The molecule has 1 aromatic carbocycles. The Morgan fingerprint density at radius 2 is 1.90 bits per heavy atom. The number of ketones is 1. The summed E-state index contributed by atoms with van der Waals surface area (Å²) in [6, 6.07) is 8.27. The Morgan fingerprint density at radius 1 is 1.24 bits per heavy atom. The Bertz CT molecular complexity index is 441. The van der Waals surface area contributed by atoms with Crippen molar-refractivity contribution in [1.29, 1.82) is 0 Å². The molecule has 0 spiro atoms. The van der Waals surface area contributed by atoms with E-state index in [4.69, 9.17) is 0 Å². The maximum absolute atomic E-state index is 12.4. The van der Waals surface area contributed by atoms with Crippen molar-refractivity contribution in [2.24, 2.45) is 0 Å². The molecule has 1 aliphatic carbocycles. The molecule has 0 amide bonds. The van der Waals surface area contributed by atoms with Crippen LogP contribution in [0.15, 0.2) is 29.2 Å². The minimum atomic E-state index is 0.120. The number of hydrogen-bond acceptors (Lipinski definition) is 4. The standard InChI is InChI=1S/C17H25NO2S/c1-21-16-9-7-14(8-10-16)17(20)13-18(11-12-19)15-5-3-2-4-6-15/h7-10,15,19H,2-6,11-13H2,1H3. The summed E-state index contributed by atoms with van der Waals surface area (Å²) in [5.74, 6) is 0.154. The Morgan fingerprint density at radius 3 is 2.48 bits per heavy atom. The lowest BCUT2D eigenvalue weighted by molar-refractivity contribution is 0.0814. The number of carbonyl (C=O) groups excluding carboxylic acids is 1. The second-order valence-corrected chi connectivity index (χ2v) is 6.52. The minimum Gasteiger partial charge on any atom is -0.395 e. The van der Waals surface area contributed by atoms with Crippen molar-refractivity contribution >= 4 is 17.5 Å². The zero-order valence-electron chi connectivity index (χ0n) is 12.8. The number of nitrogens with zero attached hydrogens (tertiary/aromatic N) is 1. The topological polar surface area (TPSA) is 40.5 Å². The fraction of sp³-hybridized carbons (Fsp3) is 0.588. The minimum absolute atomic E-state index is 0.120. The van der Waals surface area contributed by atoms with E-state index in [1.54, 1.807) is 11.8 Å². The van der Waals surface area contributed by atoms with Gasteiger partial charge in [-0.25, -0.2) is 0 Å². The van der Waals surface area contributed by atoms with E-state index in [1.807, 2.05) is 30.5 Å². The predicted octanol–water partition coefficient (Wildman–Crippen LogP) is 3.22. The Labute approximate surface area is 131 Å². The number of benzene rings is 1. The van der Waals surface area contributed by atoms with Gasteiger partial charge in [-0.3, -0.25) is 9.69 Å². The summed E-state index contributed by atoms with van der Waals surface area (Å²) in [7, 11) is 0. The maximum atomic E-state index is 12.4. The van der Waals surface area contributed by atoms with Crippen LogP contribution in [0.2, 0.25) is 0 Å². The van der Waals surface area contributed by atoms with Crippen LogP contribution in [0.25, 0.3) is 0 Å². The van der Waals surface area contributed by atoms with Crippen molar-refractivity contribution in [2.45, 2.75) is 43.0 Å². The summed E-state index contributed by atoms with van der Waals surface area (Å²) in [6.07, 6.45) is 8.11.